The van der Waals surface area contributed by atoms with Gasteiger partial charge in [-0.2, -0.15) is 0 Å². The molecule has 0 bridgehead atoms. The molecule has 0 aromatic carbocycles. The Morgan fingerprint density at radius 2 is 2.27 bits per heavy atom. The van der Waals surface area contributed by atoms with Gasteiger partial charge in [0.15, 0.2) is 5.82 Å². The average molecular weight is 305 g/mol. The molecule has 0 spiro atoms. The summed E-state index contributed by atoms with van der Waals surface area (Å²) in [5.41, 5.74) is 0. The van der Waals surface area contributed by atoms with Gasteiger partial charge < -0.3 is 9.42 Å². The second-order valence-corrected chi connectivity index (χ2v) is 6.29. The highest BCUT2D eigenvalue weighted by atomic mass is 16.5. The fourth-order valence-corrected chi connectivity index (χ4v) is 3.52. The first-order valence-corrected chi connectivity index (χ1v) is 8.14. The van der Waals surface area contributed by atoms with Crippen molar-refractivity contribution in [3.8, 4) is 0 Å². The Morgan fingerprint density at radius 1 is 1.45 bits per heavy atom. The van der Waals surface area contributed by atoms with Crippen molar-refractivity contribution in [1.29, 1.82) is 0 Å². The molecule has 6 heteroatoms. The molecule has 1 aromatic rings. The lowest BCUT2D eigenvalue weighted by atomic mass is 9.97. The van der Waals surface area contributed by atoms with Gasteiger partial charge in [-0.05, 0) is 32.6 Å². The van der Waals surface area contributed by atoms with Gasteiger partial charge in [-0.3, -0.25) is 14.5 Å². The fourth-order valence-electron chi connectivity index (χ4n) is 3.52. The third kappa shape index (κ3) is 2.74. The number of aryl methyl sites for hydroxylation is 1. The normalized spacial score (nSPS) is 25.8. The van der Waals surface area contributed by atoms with E-state index in [1.54, 1.807) is 17.9 Å². The third-order valence-corrected chi connectivity index (χ3v) is 4.75. The van der Waals surface area contributed by atoms with Crippen LogP contribution in [-0.2, 0) is 9.59 Å². The summed E-state index contributed by atoms with van der Waals surface area (Å²) in [5.74, 6) is 1.01. The first-order valence-electron chi connectivity index (χ1n) is 8.14. The molecule has 3 rings (SSSR count). The van der Waals surface area contributed by atoms with Crippen molar-refractivity contribution in [1.82, 2.24) is 10.1 Å². The van der Waals surface area contributed by atoms with Crippen molar-refractivity contribution in [2.24, 2.45) is 5.92 Å². The van der Waals surface area contributed by atoms with Crippen molar-refractivity contribution in [2.75, 3.05) is 18.0 Å². The van der Waals surface area contributed by atoms with Gasteiger partial charge in [-0.25, -0.2) is 0 Å². The molecule has 0 saturated carbocycles. The molecule has 3 heterocycles. The maximum Gasteiger partial charge on any atom is 0.229 e. The van der Waals surface area contributed by atoms with Crippen LogP contribution in [-0.4, -0.2) is 41.0 Å². The summed E-state index contributed by atoms with van der Waals surface area (Å²) in [6.45, 7) is 5.15. The van der Waals surface area contributed by atoms with Crippen LogP contribution >= 0.6 is 0 Å². The van der Waals surface area contributed by atoms with Crippen LogP contribution in [0.15, 0.2) is 10.6 Å². The van der Waals surface area contributed by atoms with Gasteiger partial charge in [-0.1, -0.05) is 12.1 Å². The van der Waals surface area contributed by atoms with Crippen LogP contribution in [0.4, 0.5) is 5.82 Å². The Bertz CT molecular complexity index is 569. The molecule has 2 aliphatic rings. The molecule has 22 heavy (non-hydrogen) atoms. The fraction of sp³-hybridized carbons (Fsp3) is 0.688. The summed E-state index contributed by atoms with van der Waals surface area (Å²) < 4.78 is 5.03. The lowest BCUT2D eigenvalue weighted by molar-refractivity contribution is -0.139. The Hall–Kier alpha value is -1.85. The van der Waals surface area contributed by atoms with E-state index in [9.17, 15) is 9.59 Å². The number of hydrogen-bond acceptors (Lipinski definition) is 4. The Kier molecular flexibility index (Phi) is 4.18. The van der Waals surface area contributed by atoms with E-state index in [4.69, 9.17) is 4.52 Å². The Balaban J connectivity index is 1.70. The predicted octanol–water partition coefficient (Wildman–Crippen LogP) is 2.13. The van der Waals surface area contributed by atoms with Gasteiger partial charge in [0.2, 0.25) is 11.8 Å². The molecule has 0 N–H and O–H groups in total. The minimum atomic E-state index is -0.253. The smallest absolute Gasteiger partial charge is 0.229 e. The van der Waals surface area contributed by atoms with Crippen molar-refractivity contribution in [3.63, 3.8) is 0 Å². The Morgan fingerprint density at radius 3 is 2.95 bits per heavy atom. The van der Waals surface area contributed by atoms with E-state index in [2.05, 4.69) is 12.1 Å². The second kappa shape index (κ2) is 6.10. The predicted molar refractivity (Wildman–Crippen MR) is 81.3 cm³/mol. The summed E-state index contributed by atoms with van der Waals surface area (Å²) in [6, 6.07) is 2.07. The first kappa shape index (κ1) is 15.1. The minimum Gasteiger partial charge on any atom is -0.360 e. The van der Waals surface area contributed by atoms with Gasteiger partial charge in [-0.15, -0.1) is 0 Å². The largest absolute Gasteiger partial charge is 0.360 e. The van der Waals surface area contributed by atoms with Crippen molar-refractivity contribution in [2.45, 2.75) is 52.0 Å². The van der Waals surface area contributed by atoms with Crippen LogP contribution in [0.5, 0.6) is 0 Å². The maximum absolute atomic E-state index is 12.8. The van der Waals surface area contributed by atoms with Crippen molar-refractivity contribution in [3.05, 3.63) is 11.8 Å². The lowest BCUT2D eigenvalue weighted by Crippen LogP contribution is -2.46. The number of likely N-dealkylation sites (tertiary alicyclic amines) is 1. The summed E-state index contributed by atoms with van der Waals surface area (Å²) in [6.07, 6.45) is 4.59. The van der Waals surface area contributed by atoms with E-state index in [1.165, 1.54) is 6.42 Å². The monoisotopic (exact) mass is 305 g/mol. The number of hydrogen-bond donors (Lipinski definition) is 0. The second-order valence-electron chi connectivity index (χ2n) is 6.29. The molecule has 2 fully saturated rings. The zero-order valence-electron chi connectivity index (χ0n) is 13.2. The van der Waals surface area contributed by atoms with E-state index in [0.29, 0.717) is 24.2 Å². The van der Waals surface area contributed by atoms with Crippen LogP contribution < -0.4 is 4.90 Å². The van der Waals surface area contributed by atoms with Crippen LogP contribution in [0.1, 0.15) is 44.8 Å². The summed E-state index contributed by atoms with van der Waals surface area (Å²) in [7, 11) is 0. The molecule has 2 amide bonds. The van der Waals surface area contributed by atoms with Crippen molar-refractivity contribution >= 4 is 17.6 Å². The minimum absolute atomic E-state index is 0.0447. The highest BCUT2D eigenvalue weighted by Gasteiger charge is 2.40. The molecule has 2 aliphatic heterocycles. The molecule has 120 valence electrons. The van der Waals surface area contributed by atoms with Crippen LogP contribution in [0.3, 0.4) is 0 Å². The molecule has 0 radical (unpaired) electrons. The topological polar surface area (TPSA) is 66.7 Å². The molecule has 2 atom stereocenters. The van der Waals surface area contributed by atoms with E-state index < -0.39 is 0 Å². The van der Waals surface area contributed by atoms with Gasteiger partial charge >= 0.3 is 0 Å². The number of carbonyl (C=O) groups excluding carboxylic acids is 2. The van der Waals surface area contributed by atoms with Crippen molar-refractivity contribution < 1.29 is 14.1 Å². The molecule has 2 saturated heterocycles. The summed E-state index contributed by atoms with van der Waals surface area (Å²) in [4.78, 5) is 28.6. The molecule has 2 unspecified atom stereocenters. The number of piperidine rings is 1. The van der Waals surface area contributed by atoms with E-state index in [1.807, 2.05) is 4.90 Å². The number of aromatic nitrogens is 1. The van der Waals surface area contributed by atoms with Gasteiger partial charge in [0, 0.05) is 31.6 Å². The number of amides is 2. The van der Waals surface area contributed by atoms with Crippen LogP contribution in [0, 0.1) is 12.8 Å². The van der Waals surface area contributed by atoms with Gasteiger partial charge in [0.05, 0.1) is 5.92 Å². The first-order chi connectivity index (χ1) is 10.6. The highest BCUT2D eigenvalue weighted by Crippen LogP contribution is 2.28. The number of carbonyl (C=O) groups is 2. The maximum atomic E-state index is 12.8. The third-order valence-electron chi connectivity index (χ3n) is 4.75. The van der Waals surface area contributed by atoms with E-state index in [0.717, 1.165) is 25.8 Å². The standard InChI is InChI=1S/C16H23N3O3/c1-3-13-6-4-5-7-18(13)16(21)12-9-15(20)19(10-12)14-8-11(2)22-17-14/h8,12-13H,3-7,9-10H2,1-2H3. The summed E-state index contributed by atoms with van der Waals surface area (Å²) >= 11 is 0. The van der Waals surface area contributed by atoms with Crippen LogP contribution in [0.2, 0.25) is 0 Å². The van der Waals surface area contributed by atoms with E-state index >= 15 is 0 Å². The number of rotatable bonds is 3. The average Bonchev–Trinajstić information content (AvgIpc) is 3.12. The van der Waals surface area contributed by atoms with E-state index in [-0.39, 0.29) is 24.2 Å². The van der Waals surface area contributed by atoms with Gasteiger partial charge in [0.1, 0.15) is 5.76 Å². The highest BCUT2D eigenvalue weighted by molar-refractivity contribution is 5.99. The number of nitrogens with zero attached hydrogens (tertiary/aromatic N) is 3. The quantitative estimate of drug-likeness (QED) is 0.858. The van der Waals surface area contributed by atoms with Gasteiger partial charge in [0.25, 0.3) is 0 Å². The SMILES string of the molecule is CCC1CCCCN1C(=O)C1CC(=O)N(c2cc(C)on2)C1. The molecular weight excluding hydrogens is 282 g/mol. The number of anilines is 1. The summed E-state index contributed by atoms with van der Waals surface area (Å²) in [5, 5.41) is 3.89. The molecule has 6 nitrogen and oxygen atoms in total. The Labute approximate surface area is 130 Å². The molecular formula is C16H23N3O3. The zero-order valence-corrected chi connectivity index (χ0v) is 13.2. The molecule has 1 aromatic heterocycles. The zero-order chi connectivity index (χ0) is 15.7. The molecule has 0 aliphatic carbocycles. The lowest BCUT2D eigenvalue weighted by Gasteiger charge is -2.36. The van der Waals surface area contributed by atoms with Crippen LogP contribution in [0.25, 0.3) is 0 Å².